The van der Waals surface area contributed by atoms with Gasteiger partial charge in [0.2, 0.25) is 0 Å². The van der Waals surface area contributed by atoms with Crippen LogP contribution in [0.5, 0.6) is 0 Å². The topological polar surface area (TPSA) is 39.9 Å². The smallest absolute Gasteiger partial charge is 0.141 e. The Morgan fingerprint density at radius 1 is 1.58 bits per heavy atom. The zero-order valence-electron chi connectivity index (χ0n) is 7.82. The molecule has 0 aliphatic carbocycles. The van der Waals surface area contributed by atoms with Crippen molar-refractivity contribution in [2.45, 2.75) is 33.4 Å². The summed E-state index contributed by atoms with van der Waals surface area (Å²) in [7, 11) is 0. The summed E-state index contributed by atoms with van der Waals surface area (Å²) in [5.74, 6) is 0.431. The lowest BCUT2D eigenvalue weighted by Crippen LogP contribution is -2.02. The summed E-state index contributed by atoms with van der Waals surface area (Å²) in [6, 6.07) is 0. The Hall–Kier alpha value is -0.900. The molecule has 0 aliphatic heterocycles. The second-order valence-electron chi connectivity index (χ2n) is 2.96. The van der Waals surface area contributed by atoms with Gasteiger partial charge in [-0.3, -0.25) is 0 Å². The molecule has 0 fully saturated rings. The lowest BCUT2D eigenvalue weighted by atomic mass is 10.2. The van der Waals surface area contributed by atoms with Gasteiger partial charge >= 0.3 is 0 Å². The van der Waals surface area contributed by atoms with Gasteiger partial charge in [-0.2, -0.15) is 0 Å². The standard InChI is InChI=1S/C8H15N3O/c1-4-12-6-11-5-8(7(2)3)9-10-11/h5,7H,4,6H2,1-3H3. The molecule has 1 aromatic rings. The van der Waals surface area contributed by atoms with Gasteiger partial charge in [0.05, 0.1) is 11.9 Å². The van der Waals surface area contributed by atoms with Crippen LogP contribution in [0.1, 0.15) is 32.4 Å². The van der Waals surface area contributed by atoms with Crippen LogP contribution < -0.4 is 0 Å². The van der Waals surface area contributed by atoms with Gasteiger partial charge in [0.25, 0.3) is 0 Å². The molecular weight excluding hydrogens is 154 g/mol. The van der Waals surface area contributed by atoms with E-state index in [4.69, 9.17) is 4.74 Å². The number of nitrogens with zero attached hydrogens (tertiary/aromatic N) is 3. The molecule has 0 N–H and O–H groups in total. The van der Waals surface area contributed by atoms with Crippen molar-refractivity contribution in [3.63, 3.8) is 0 Å². The molecule has 0 saturated carbocycles. The average molecular weight is 169 g/mol. The average Bonchev–Trinajstić information content (AvgIpc) is 2.48. The van der Waals surface area contributed by atoms with Crippen molar-refractivity contribution in [1.82, 2.24) is 15.0 Å². The maximum absolute atomic E-state index is 5.17. The zero-order valence-corrected chi connectivity index (χ0v) is 7.82. The molecule has 68 valence electrons. The summed E-state index contributed by atoms with van der Waals surface area (Å²) in [4.78, 5) is 0. The van der Waals surface area contributed by atoms with Crippen LogP contribution in [0.3, 0.4) is 0 Å². The third-order valence-electron chi connectivity index (χ3n) is 1.58. The van der Waals surface area contributed by atoms with Crippen LogP contribution >= 0.6 is 0 Å². The first kappa shape index (κ1) is 9.19. The van der Waals surface area contributed by atoms with Gasteiger partial charge in [-0.1, -0.05) is 19.1 Å². The van der Waals surface area contributed by atoms with Crippen molar-refractivity contribution in [2.75, 3.05) is 6.61 Å². The number of rotatable bonds is 4. The number of aromatic nitrogens is 3. The van der Waals surface area contributed by atoms with E-state index in [1.165, 1.54) is 0 Å². The van der Waals surface area contributed by atoms with Gasteiger partial charge in [-0.05, 0) is 12.8 Å². The van der Waals surface area contributed by atoms with Crippen LogP contribution in [-0.4, -0.2) is 21.6 Å². The zero-order chi connectivity index (χ0) is 8.97. The molecule has 0 saturated heterocycles. The second-order valence-corrected chi connectivity index (χ2v) is 2.96. The van der Waals surface area contributed by atoms with E-state index in [2.05, 4.69) is 24.2 Å². The van der Waals surface area contributed by atoms with Gasteiger partial charge in [0.1, 0.15) is 6.73 Å². The summed E-state index contributed by atoms with van der Waals surface area (Å²) in [6.45, 7) is 7.34. The highest BCUT2D eigenvalue weighted by Gasteiger charge is 2.03. The summed E-state index contributed by atoms with van der Waals surface area (Å²) in [5.41, 5.74) is 1.01. The monoisotopic (exact) mass is 169 g/mol. The van der Waals surface area contributed by atoms with Crippen molar-refractivity contribution in [3.05, 3.63) is 11.9 Å². The van der Waals surface area contributed by atoms with E-state index in [0.717, 1.165) is 5.69 Å². The Balaban J connectivity index is 2.52. The lowest BCUT2D eigenvalue weighted by Gasteiger charge is -1.98. The molecule has 0 bridgehead atoms. The molecule has 1 rings (SSSR count). The minimum Gasteiger partial charge on any atom is -0.359 e. The molecule has 0 atom stereocenters. The first-order valence-electron chi connectivity index (χ1n) is 4.21. The molecule has 0 aliphatic rings. The van der Waals surface area contributed by atoms with E-state index in [0.29, 0.717) is 19.3 Å². The molecule has 0 amide bonds. The van der Waals surface area contributed by atoms with Crippen molar-refractivity contribution in [3.8, 4) is 0 Å². The van der Waals surface area contributed by atoms with E-state index >= 15 is 0 Å². The summed E-state index contributed by atoms with van der Waals surface area (Å²) >= 11 is 0. The normalized spacial score (nSPS) is 11.0. The molecule has 12 heavy (non-hydrogen) atoms. The summed E-state index contributed by atoms with van der Waals surface area (Å²) in [5, 5.41) is 7.92. The molecule has 0 spiro atoms. The predicted octanol–water partition coefficient (Wildman–Crippen LogP) is 1.40. The highest BCUT2D eigenvalue weighted by atomic mass is 16.5. The largest absolute Gasteiger partial charge is 0.359 e. The van der Waals surface area contributed by atoms with Gasteiger partial charge < -0.3 is 4.74 Å². The Bertz CT molecular complexity index is 232. The van der Waals surface area contributed by atoms with Crippen molar-refractivity contribution in [2.24, 2.45) is 0 Å². The lowest BCUT2D eigenvalue weighted by molar-refractivity contribution is 0.0778. The van der Waals surface area contributed by atoms with Crippen molar-refractivity contribution in [1.29, 1.82) is 0 Å². The van der Waals surface area contributed by atoms with Crippen LogP contribution in [0.2, 0.25) is 0 Å². The van der Waals surface area contributed by atoms with Crippen LogP contribution in [0, 0.1) is 0 Å². The van der Waals surface area contributed by atoms with Crippen molar-refractivity contribution < 1.29 is 4.74 Å². The predicted molar refractivity (Wildman–Crippen MR) is 45.7 cm³/mol. The quantitative estimate of drug-likeness (QED) is 0.684. The molecule has 4 heteroatoms. The van der Waals surface area contributed by atoms with Crippen LogP contribution in [0.15, 0.2) is 6.20 Å². The van der Waals surface area contributed by atoms with E-state index in [1.54, 1.807) is 4.68 Å². The SMILES string of the molecule is CCOCn1cc(C(C)C)nn1. The highest BCUT2D eigenvalue weighted by Crippen LogP contribution is 2.08. The molecule has 1 heterocycles. The molecular formula is C8H15N3O. The second kappa shape index (κ2) is 4.21. The number of hydrogen-bond donors (Lipinski definition) is 0. The Morgan fingerprint density at radius 2 is 2.33 bits per heavy atom. The molecule has 0 radical (unpaired) electrons. The minimum absolute atomic E-state index is 0.431. The first-order valence-corrected chi connectivity index (χ1v) is 4.21. The maximum atomic E-state index is 5.17. The Kier molecular flexibility index (Phi) is 3.22. The third-order valence-corrected chi connectivity index (χ3v) is 1.58. The summed E-state index contributed by atoms with van der Waals surface area (Å²) in [6.07, 6.45) is 1.92. The van der Waals surface area contributed by atoms with Gasteiger partial charge in [0, 0.05) is 6.61 Å². The maximum Gasteiger partial charge on any atom is 0.141 e. The fourth-order valence-corrected chi connectivity index (χ4v) is 0.826. The van der Waals surface area contributed by atoms with E-state index < -0.39 is 0 Å². The molecule has 0 unspecified atom stereocenters. The number of ether oxygens (including phenoxy) is 1. The molecule has 0 aromatic carbocycles. The van der Waals surface area contributed by atoms with Crippen LogP contribution in [0.25, 0.3) is 0 Å². The van der Waals surface area contributed by atoms with Gasteiger partial charge in [-0.15, -0.1) is 5.10 Å². The molecule has 1 aromatic heterocycles. The van der Waals surface area contributed by atoms with Gasteiger partial charge in [0.15, 0.2) is 0 Å². The van der Waals surface area contributed by atoms with E-state index in [9.17, 15) is 0 Å². The summed E-state index contributed by atoms with van der Waals surface area (Å²) < 4.78 is 6.88. The number of hydrogen-bond acceptors (Lipinski definition) is 3. The third kappa shape index (κ3) is 2.30. The van der Waals surface area contributed by atoms with E-state index in [1.807, 2.05) is 13.1 Å². The minimum atomic E-state index is 0.431. The highest BCUT2D eigenvalue weighted by molar-refractivity contribution is 4.97. The fourth-order valence-electron chi connectivity index (χ4n) is 0.826. The van der Waals surface area contributed by atoms with Crippen molar-refractivity contribution >= 4 is 0 Å². The van der Waals surface area contributed by atoms with Crippen LogP contribution in [-0.2, 0) is 11.5 Å². The van der Waals surface area contributed by atoms with Crippen LogP contribution in [0.4, 0.5) is 0 Å². The van der Waals surface area contributed by atoms with E-state index in [-0.39, 0.29) is 0 Å². The fraction of sp³-hybridized carbons (Fsp3) is 0.750. The Morgan fingerprint density at radius 3 is 2.83 bits per heavy atom. The first-order chi connectivity index (χ1) is 5.74. The molecule has 4 nitrogen and oxygen atoms in total. The Labute approximate surface area is 72.5 Å². The van der Waals surface area contributed by atoms with Gasteiger partial charge in [-0.25, -0.2) is 4.68 Å².